The molecular formula is C22H20BClO3. The molecule has 0 spiro atoms. The molecule has 0 atom stereocenters. The predicted molar refractivity (Wildman–Crippen MR) is 112 cm³/mol. The van der Waals surface area contributed by atoms with E-state index >= 15 is 0 Å². The highest BCUT2D eigenvalue weighted by Crippen LogP contribution is 2.39. The van der Waals surface area contributed by atoms with Crippen molar-refractivity contribution in [2.45, 2.75) is 38.9 Å². The molecular weight excluding hydrogens is 359 g/mol. The number of halogens is 1. The van der Waals surface area contributed by atoms with E-state index in [1.165, 1.54) is 0 Å². The first kappa shape index (κ1) is 10.5. The Bertz CT molecular complexity index is 1600. The molecule has 1 fully saturated rings. The molecule has 0 bridgehead atoms. The van der Waals surface area contributed by atoms with E-state index in [-0.39, 0.29) is 67.4 Å². The summed E-state index contributed by atoms with van der Waals surface area (Å²) in [4.78, 5) is 0. The van der Waals surface area contributed by atoms with Gasteiger partial charge in [-0.05, 0) is 68.1 Å². The minimum atomic E-state index is -1.07. The van der Waals surface area contributed by atoms with E-state index in [4.69, 9.17) is 36.3 Å². The summed E-state index contributed by atoms with van der Waals surface area (Å²) in [5.74, 6) is 0. The van der Waals surface area contributed by atoms with Crippen molar-refractivity contribution in [1.29, 1.82) is 0 Å². The summed E-state index contributed by atoms with van der Waals surface area (Å²) in [5, 5.41) is -0.375. The maximum atomic E-state index is 8.82. The third-order valence-corrected chi connectivity index (χ3v) is 5.57. The van der Waals surface area contributed by atoms with Gasteiger partial charge in [-0.1, -0.05) is 35.8 Å². The van der Waals surface area contributed by atoms with Crippen molar-refractivity contribution < 1.29 is 24.7 Å². The van der Waals surface area contributed by atoms with Gasteiger partial charge in [-0.3, -0.25) is 0 Å². The van der Waals surface area contributed by atoms with Crippen LogP contribution in [0.15, 0.2) is 52.8 Å². The molecule has 1 aliphatic heterocycles. The lowest BCUT2D eigenvalue weighted by Crippen LogP contribution is -2.41. The van der Waals surface area contributed by atoms with Gasteiger partial charge in [0, 0.05) is 10.8 Å². The molecule has 136 valence electrons. The Kier molecular flexibility index (Phi) is 2.15. The lowest BCUT2D eigenvalue weighted by Gasteiger charge is -2.32. The molecule has 2 heterocycles. The van der Waals surface area contributed by atoms with Crippen molar-refractivity contribution in [3.8, 4) is 0 Å². The van der Waals surface area contributed by atoms with E-state index < -0.39 is 42.5 Å². The van der Waals surface area contributed by atoms with Crippen LogP contribution in [0, 0.1) is 0 Å². The van der Waals surface area contributed by atoms with Gasteiger partial charge in [0.05, 0.1) is 27.2 Å². The van der Waals surface area contributed by atoms with Crippen molar-refractivity contribution in [1.82, 2.24) is 0 Å². The van der Waals surface area contributed by atoms with Gasteiger partial charge in [0.2, 0.25) is 0 Å². The zero-order valence-electron chi connectivity index (χ0n) is 23.2. The summed E-state index contributed by atoms with van der Waals surface area (Å²) < 4.78 is 85.4. The first-order valence-electron chi connectivity index (χ1n) is 12.5. The largest absolute Gasteiger partial charge is 0.495 e. The van der Waals surface area contributed by atoms with Crippen molar-refractivity contribution in [2.75, 3.05) is 0 Å². The highest BCUT2D eigenvalue weighted by Gasteiger charge is 2.51. The number of fused-ring (bicyclic) bond motifs is 4. The molecule has 0 saturated carbocycles. The molecule has 27 heavy (non-hydrogen) atoms. The Hall–Kier alpha value is -2.01. The van der Waals surface area contributed by atoms with Crippen LogP contribution < -0.4 is 5.46 Å². The molecule has 0 radical (unpaired) electrons. The number of furan rings is 1. The summed E-state index contributed by atoms with van der Waals surface area (Å²) in [5.41, 5.74) is -1.65. The van der Waals surface area contributed by atoms with Crippen LogP contribution in [0.3, 0.4) is 0 Å². The second-order valence-corrected chi connectivity index (χ2v) is 7.95. The van der Waals surface area contributed by atoms with Crippen molar-refractivity contribution in [2.24, 2.45) is 0 Å². The Balaban J connectivity index is 1.93. The Morgan fingerprint density at radius 1 is 0.889 bits per heavy atom. The van der Waals surface area contributed by atoms with Crippen molar-refractivity contribution in [3.05, 3.63) is 53.4 Å². The SMILES string of the molecule is [2H]c1c([2H])c([2H])c2c([2H])c3c(oc4c([2H])c(B5OC(C)(C)C(C)(C)O5)c([2H])c(Cl)c43)c([2H])c2c1[2H]. The Labute approximate surface area is 174 Å². The third kappa shape index (κ3) is 2.51. The fraction of sp³-hybridized carbons (Fsp3) is 0.273. The molecule has 1 aromatic heterocycles. The summed E-state index contributed by atoms with van der Waals surface area (Å²) in [6.45, 7) is 7.35. The van der Waals surface area contributed by atoms with Crippen LogP contribution in [0.4, 0.5) is 0 Å². The van der Waals surface area contributed by atoms with Crippen LogP contribution in [0.5, 0.6) is 0 Å². The second-order valence-electron chi connectivity index (χ2n) is 7.58. The highest BCUT2D eigenvalue weighted by molar-refractivity contribution is 6.63. The lowest BCUT2D eigenvalue weighted by atomic mass is 9.79. The number of rotatable bonds is 1. The molecule has 5 rings (SSSR count). The Morgan fingerprint density at radius 2 is 1.52 bits per heavy atom. The van der Waals surface area contributed by atoms with Crippen LogP contribution >= 0.6 is 11.6 Å². The molecule has 0 amide bonds. The minimum absolute atomic E-state index is 0.00926. The van der Waals surface area contributed by atoms with E-state index in [0.717, 1.165) is 0 Å². The average molecular weight is 387 g/mol. The van der Waals surface area contributed by atoms with Gasteiger partial charge >= 0.3 is 7.12 Å². The van der Waals surface area contributed by atoms with E-state index in [9.17, 15) is 0 Å². The van der Waals surface area contributed by atoms with Crippen molar-refractivity contribution in [3.63, 3.8) is 0 Å². The minimum Gasteiger partial charge on any atom is -0.456 e. The molecule has 3 nitrogen and oxygen atoms in total. The second kappa shape index (κ2) is 5.51. The van der Waals surface area contributed by atoms with Crippen LogP contribution in [-0.4, -0.2) is 18.3 Å². The fourth-order valence-corrected chi connectivity index (χ4v) is 3.37. The fourth-order valence-electron chi connectivity index (χ4n) is 3.09. The normalized spacial score (nSPS) is 22.9. The molecule has 4 aromatic rings. The van der Waals surface area contributed by atoms with Crippen LogP contribution in [0.25, 0.3) is 32.7 Å². The van der Waals surface area contributed by atoms with Gasteiger partial charge in [0.25, 0.3) is 0 Å². The molecule has 0 N–H and O–H groups in total. The monoisotopic (exact) mass is 386 g/mol. The summed E-state index contributed by atoms with van der Waals surface area (Å²) in [7, 11) is -1.07. The van der Waals surface area contributed by atoms with Gasteiger partial charge in [-0.25, -0.2) is 0 Å². The first-order chi connectivity index (χ1) is 16.1. The molecule has 3 aromatic carbocycles. The third-order valence-electron chi connectivity index (χ3n) is 5.29. The number of hydrogen-bond donors (Lipinski definition) is 0. The Morgan fingerprint density at radius 3 is 2.19 bits per heavy atom. The van der Waals surface area contributed by atoms with Gasteiger partial charge in [-0.2, -0.15) is 0 Å². The maximum absolute atomic E-state index is 8.82. The van der Waals surface area contributed by atoms with Crippen LogP contribution in [0.2, 0.25) is 5.02 Å². The summed E-state index contributed by atoms with van der Waals surface area (Å²) in [6, 6.07) is -3.14. The van der Waals surface area contributed by atoms with Gasteiger partial charge in [0.15, 0.2) is 0 Å². The van der Waals surface area contributed by atoms with E-state index in [1.807, 2.05) is 27.7 Å². The molecule has 1 aliphatic rings. The molecule has 0 unspecified atom stereocenters. The van der Waals surface area contributed by atoms with Crippen molar-refractivity contribution >= 4 is 56.9 Å². The van der Waals surface area contributed by atoms with Gasteiger partial charge < -0.3 is 13.7 Å². The number of hydrogen-bond acceptors (Lipinski definition) is 3. The quantitative estimate of drug-likeness (QED) is 0.394. The molecule has 0 aliphatic carbocycles. The molecule has 1 saturated heterocycles. The standard InChI is InChI=1S/C22H20BClO3/c1-21(2)22(3,4)27-23(26-21)15-11-17(24)20-16-9-13-7-5-6-8-14(13)10-18(16)25-19(20)12-15/h5-12H,1-4H3/i5D,6D,7D,8D,9D,10D,11D,12D. The lowest BCUT2D eigenvalue weighted by molar-refractivity contribution is 0.00578. The van der Waals surface area contributed by atoms with E-state index in [0.29, 0.717) is 0 Å². The van der Waals surface area contributed by atoms with Crippen LogP contribution in [0.1, 0.15) is 38.7 Å². The highest BCUT2D eigenvalue weighted by atomic mass is 35.5. The topological polar surface area (TPSA) is 31.6 Å². The maximum Gasteiger partial charge on any atom is 0.495 e. The first-order valence-corrected chi connectivity index (χ1v) is 8.89. The summed E-state index contributed by atoms with van der Waals surface area (Å²) in [6.07, 6.45) is 0. The van der Waals surface area contributed by atoms with E-state index in [2.05, 4.69) is 0 Å². The number of benzene rings is 3. The smallest absolute Gasteiger partial charge is 0.456 e. The zero-order chi connectivity index (χ0) is 25.9. The van der Waals surface area contributed by atoms with E-state index in [1.54, 1.807) is 0 Å². The summed E-state index contributed by atoms with van der Waals surface area (Å²) >= 11 is 6.61. The predicted octanol–water partition coefficient (Wildman–Crippen LogP) is 5.69. The van der Waals surface area contributed by atoms with Gasteiger partial charge in [-0.15, -0.1) is 0 Å². The molecule has 5 heteroatoms. The average Bonchev–Trinajstić information content (AvgIpc) is 3.27. The van der Waals surface area contributed by atoms with Crippen LogP contribution in [-0.2, 0) is 9.31 Å². The zero-order valence-corrected chi connectivity index (χ0v) is 15.9. The van der Waals surface area contributed by atoms with Gasteiger partial charge in [0.1, 0.15) is 11.2 Å².